The highest BCUT2D eigenvalue weighted by molar-refractivity contribution is 5.85. The van der Waals surface area contributed by atoms with Gasteiger partial charge in [0.15, 0.2) is 0 Å². The van der Waals surface area contributed by atoms with E-state index in [1.54, 1.807) is 6.92 Å². The molecule has 0 saturated carbocycles. The molecule has 15 heavy (non-hydrogen) atoms. The van der Waals surface area contributed by atoms with E-state index in [-0.39, 0.29) is 5.75 Å². The molecular weight excluding hydrogens is 190 g/mol. The summed E-state index contributed by atoms with van der Waals surface area (Å²) in [5, 5.41) is 9.92. The summed E-state index contributed by atoms with van der Waals surface area (Å²) in [5.74, 6) is 0.577. The zero-order valence-corrected chi connectivity index (χ0v) is 9.46. The first-order valence-electron chi connectivity index (χ1n) is 5.01. The van der Waals surface area contributed by atoms with Crippen LogP contribution in [0.2, 0.25) is 0 Å². The minimum absolute atomic E-state index is 0.174. The van der Waals surface area contributed by atoms with Crippen LogP contribution < -0.4 is 17.2 Å². The monoisotopic (exact) mass is 209 g/mol. The number of rotatable bonds is 2. The number of anilines is 3. The highest BCUT2D eigenvalue weighted by atomic mass is 16.3. The van der Waals surface area contributed by atoms with E-state index in [0.717, 1.165) is 0 Å². The predicted molar refractivity (Wildman–Crippen MR) is 64.6 cm³/mol. The molecule has 84 valence electrons. The van der Waals surface area contributed by atoms with Crippen molar-refractivity contribution in [2.45, 2.75) is 27.2 Å². The maximum absolute atomic E-state index is 9.92. The topological polar surface area (TPSA) is 98.3 Å². The Morgan fingerprint density at radius 1 is 1.07 bits per heavy atom. The number of nitrogen functional groups attached to an aromatic ring is 3. The van der Waals surface area contributed by atoms with Crippen molar-refractivity contribution in [1.82, 2.24) is 0 Å². The summed E-state index contributed by atoms with van der Waals surface area (Å²) < 4.78 is 0. The van der Waals surface area contributed by atoms with Gasteiger partial charge in [-0.25, -0.2) is 0 Å². The molecule has 0 bridgehead atoms. The lowest BCUT2D eigenvalue weighted by atomic mass is 9.96. The Kier molecular flexibility index (Phi) is 2.98. The largest absolute Gasteiger partial charge is 0.507 e. The molecule has 1 aromatic rings. The minimum atomic E-state index is 0.174. The van der Waals surface area contributed by atoms with Gasteiger partial charge in [0.2, 0.25) is 0 Å². The molecule has 0 atom stereocenters. The van der Waals surface area contributed by atoms with Crippen molar-refractivity contribution < 1.29 is 5.11 Å². The lowest BCUT2D eigenvalue weighted by Crippen LogP contribution is -2.08. The molecule has 1 rings (SSSR count). The Morgan fingerprint density at radius 2 is 1.60 bits per heavy atom. The molecule has 1 aromatic carbocycles. The van der Waals surface area contributed by atoms with E-state index in [1.165, 1.54) is 0 Å². The van der Waals surface area contributed by atoms with Gasteiger partial charge >= 0.3 is 0 Å². The predicted octanol–water partition coefficient (Wildman–Crippen LogP) is 1.65. The lowest BCUT2D eigenvalue weighted by Gasteiger charge is -2.17. The van der Waals surface area contributed by atoms with Gasteiger partial charge in [-0.3, -0.25) is 0 Å². The Bertz CT molecular complexity index is 357. The molecule has 0 unspecified atom stereocenters. The first-order valence-corrected chi connectivity index (χ1v) is 5.01. The quantitative estimate of drug-likeness (QED) is 0.439. The molecule has 0 fully saturated rings. The smallest absolute Gasteiger partial charge is 0.125 e. The molecule has 0 amide bonds. The number of phenols is 1. The van der Waals surface area contributed by atoms with Crippen LogP contribution in [0.4, 0.5) is 17.1 Å². The van der Waals surface area contributed by atoms with Crippen LogP contribution in [0.25, 0.3) is 0 Å². The van der Waals surface area contributed by atoms with Crippen molar-refractivity contribution in [2.75, 3.05) is 17.2 Å². The number of benzene rings is 1. The molecule has 0 spiro atoms. The summed E-state index contributed by atoms with van der Waals surface area (Å²) in [6.45, 7) is 5.85. The fraction of sp³-hybridized carbons (Fsp3) is 0.455. The molecule has 0 heterocycles. The van der Waals surface area contributed by atoms with Gasteiger partial charge in [0.25, 0.3) is 0 Å². The van der Waals surface area contributed by atoms with Crippen LogP contribution in [0.1, 0.15) is 25.0 Å². The van der Waals surface area contributed by atoms with Gasteiger partial charge in [0, 0.05) is 11.1 Å². The van der Waals surface area contributed by atoms with Gasteiger partial charge in [0.1, 0.15) is 5.75 Å². The van der Waals surface area contributed by atoms with Crippen molar-refractivity contribution in [3.63, 3.8) is 0 Å². The Morgan fingerprint density at radius 3 is 2.07 bits per heavy atom. The standard InChI is InChI=1S/C11H19N3O/c1-5(2)4-7-9(13)10(14)8(12)6(3)11(7)15/h5,15H,4,12-14H2,1-3H3. The maximum Gasteiger partial charge on any atom is 0.125 e. The highest BCUT2D eigenvalue weighted by Crippen LogP contribution is 2.39. The van der Waals surface area contributed by atoms with Gasteiger partial charge in [-0.05, 0) is 19.3 Å². The number of hydrogen-bond acceptors (Lipinski definition) is 4. The van der Waals surface area contributed by atoms with Gasteiger partial charge in [0.05, 0.1) is 17.1 Å². The number of hydrogen-bond donors (Lipinski definition) is 4. The normalized spacial score (nSPS) is 10.9. The van der Waals surface area contributed by atoms with Crippen molar-refractivity contribution in [1.29, 1.82) is 0 Å². The van der Waals surface area contributed by atoms with Crippen molar-refractivity contribution in [3.05, 3.63) is 11.1 Å². The summed E-state index contributed by atoms with van der Waals surface area (Å²) >= 11 is 0. The third kappa shape index (κ3) is 1.93. The van der Waals surface area contributed by atoms with Crippen molar-refractivity contribution >= 4 is 17.1 Å². The molecule has 0 aliphatic carbocycles. The van der Waals surface area contributed by atoms with Crippen molar-refractivity contribution in [2.24, 2.45) is 5.92 Å². The van der Waals surface area contributed by atoms with E-state index in [2.05, 4.69) is 13.8 Å². The van der Waals surface area contributed by atoms with Crippen LogP contribution in [-0.4, -0.2) is 5.11 Å². The molecular formula is C11H19N3O. The van der Waals surface area contributed by atoms with Crippen LogP contribution >= 0.6 is 0 Å². The molecule has 4 heteroatoms. The first kappa shape index (κ1) is 11.5. The SMILES string of the molecule is Cc1c(N)c(N)c(N)c(CC(C)C)c1O. The second-order valence-corrected chi connectivity index (χ2v) is 4.29. The third-order valence-electron chi connectivity index (χ3n) is 2.56. The fourth-order valence-corrected chi connectivity index (χ4v) is 1.61. The van der Waals surface area contributed by atoms with Crippen molar-refractivity contribution in [3.8, 4) is 5.75 Å². The van der Waals surface area contributed by atoms with Gasteiger partial charge in [-0.15, -0.1) is 0 Å². The van der Waals surface area contributed by atoms with E-state index in [4.69, 9.17) is 17.2 Å². The maximum atomic E-state index is 9.92. The number of phenolic OH excluding ortho intramolecular Hbond substituents is 1. The molecule has 0 aliphatic heterocycles. The molecule has 4 nitrogen and oxygen atoms in total. The third-order valence-corrected chi connectivity index (χ3v) is 2.56. The summed E-state index contributed by atoms with van der Waals surface area (Å²) in [6.07, 6.45) is 0.697. The fourth-order valence-electron chi connectivity index (χ4n) is 1.61. The summed E-state index contributed by atoms with van der Waals surface area (Å²) in [4.78, 5) is 0. The lowest BCUT2D eigenvalue weighted by molar-refractivity contribution is 0.459. The zero-order chi connectivity index (χ0) is 11.7. The van der Waals surface area contributed by atoms with Crippen LogP contribution in [0.5, 0.6) is 5.75 Å². The molecule has 0 aliphatic rings. The molecule has 7 N–H and O–H groups in total. The Hall–Kier alpha value is -1.58. The molecule has 0 radical (unpaired) electrons. The van der Waals surface area contributed by atoms with Crippen LogP contribution in [0.3, 0.4) is 0 Å². The average molecular weight is 209 g/mol. The Labute approximate surface area is 90.1 Å². The minimum Gasteiger partial charge on any atom is -0.507 e. The van der Waals surface area contributed by atoms with Gasteiger partial charge in [-0.1, -0.05) is 13.8 Å². The van der Waals surface area contributed by atoms with E-state index in [1.807, 2.05) is 0 Å². The van der Waals surface area contributed by atoms with E-state index < -0.39 is 0 Å². The molecule has 0 aromatic heterocycles. The second kappa shape index (κ2) is 3.88. The van der Waals surface area contributed by atoms with E-state index in [9.17, 15) is 5.11 Å². The van der Waals surface area contributed by atoms with E-state index >= 15 is 0 Å². The number of nitrogens with two attached hydrogens (primary N) is 3. The second-order valence-electron chi connectivity index (χ2n) is 4.29. The summed E-state index contributed by atoms with van der Waals surface area (Å²) in [7, 11) is 0. The van der Waals surface area contributed by atoms with Gasteiger partial charge in [-0.2, -0.15) is 0 Å². The zero-order valence-electron chi connectivity index (χ0n) is 9.46. The van der Waals surface area contributed by atoms with Crippen LogP contribution in [0, 0.1) is 12.8 Å². The van der Waals surface area contributed by atoms with Gasteiger partial charge < -0.3 is 22.3 Å². The Balaban J connectivity index is 3.39. The van der Waals surface area contributed by atoms with Crippen LogP contribution in [0.15, 0.2) is 0 Å². The van der Waals surface area contributed by atoms with Crippen LogP contribution in [-0.2, 0) is 6.42 Å². The highest BCUT2D eigenvalue weighted by Gasteiger charge is 2.16. The van der Waals surface area contributed by atoms with E-state index in [0.29, 0.717) is 40.5 Å². The molecule has 0 saturated heterocycles. The number of aromatic hydroxyl groups is 1. The summed E-state index contributed by atoms with van der Waals surface area (Å²) in [5.41, 5.74) is 19.8. The average Bonchev–Trinajstić information content (AvgIpc) is 2.18. The first-order chi connectivity index (χ1) is 6.86. The summed E-state index contributed by atoms with van der Waals surface area (Å²) in [6, 6.07) is 0.